The Bertz CT molecular complexity index is 3250. The summed E-state index contributed by atoms with van der Waals surface area (Å²) in [5.41, 5.74) is 4.14. The fourth-order valence-electron chi connectivity index (χ4n) is 8.92. The SMILES string of the molecule is CCOC(=O)CSc1nc(-c2cc(OCCN3CCC(F)(F)C3)c(OC)cc2Cl)c2c(C#N)cn(COCC[Si](C)(C)C)c2n1.CCOC(=O)CSc1nc2c(c(-c3cc(OCCN4CCC(F)(F)C4)c(OC)cc3Cl)n1)C(C#N)=CC2. The van der Waals surface area contributed by atoms with Crippen LogP contribution in [0.15, 0.2) is 46.9 Å². The lowest BCUT2D eigenvalue weighted by atomic mass is 10.0. The maximum atomic E-state index is 13.7. The molecule has 440 valence electrons. The summed E-state index contributed by atoms with van der Waals surface area (Å²) in [5.74, 6) is -4.72. The second-order valence-electron chi connectivity index (χ2n) is 20.3. The molecule has 0 amide bonds. The van der Waals surface area contributed by atoms with Gasteiger partial charge in [0.05, 0.1) is 102 Å². The van der Waals surface area contributed by atoms with Crippen molar-refractivity contribution in [2.24, 2.45) is 0 Å². The predicted octanol–water partition coefficient (Wildman–Crippen LogP) is 11.0. The summed E-state index contributed by atoms with van der Waals surface area (Å²) in [5, 5.41) is 21.5. The van der Waals surface area contributed by atoms with Crippen LogP contribution in [0.5, 0.6) is 23.0 Å². The molecule has 0 radical (unpaired) electrons. The number of fused-ring (bicyclic) bond motifs is 2. The van der Waals surface area contributed by atoms with Crippen LogP contribution in [0.25, 0.3) is 39.1 Å². The van der Waals surface area contributed by atoms with Gasteiger partial charge < -0.3 is 37.7 Å². The molecule has 0 N–H and O–H groups in total. The number of rotatable bonds is 25. The van der Waals surface area contributed by atoms with Crippen molar-refractivity contribution in [3.05, 3.63) is 63.4 Å². The first-order chi connectivity index (χ1) is 39.1. The number of methoxy groups -OCH3 is 2. The van der Waals surface area contributed by atoms with Gasteiger partial charge in [-0.05, 0) is 32.0 Å². The first-order valence-electron chi connectivity index (χ1n) is 26.3. The van der Waals surface area contributed by atoms with E-state index in [0.717, 1.165) is 29.6 Å². The molecular formula is C55H63Cl2F4N9O9S2Si. The van der Waals surface area contributed by atoms with E-state index in [0.29, 0.717) is 128 Å². The second-order valence-corrected chi connectivity index (χ2v) is 28.6. The van der Waals surface area contributed by atoms with Gasteiger partial charge in [0.25, 0.3) is 11.8 Å². The minimum atomic E-state index is -2.69. The Morgan fingerprint density at radius 1 is 0.732 bits per heavy atom. The largest absolute Gasteiger partial charge is 0.493 e. The smallest absolute Gasteiger partial charge is 0.316 e. The molecule has 0 spiro atoms. The van der Waals surface area contributed by atoms with Gasteiger partial charge in [-0.2, -0.15) is 10.5 Å². The quantitative estimate of drug-likeness (QED) is 0.0133. The number of alkyl halides is 4. The molecule has 2 fully saturated rings. The molecule has 3 aliphatic rings. The molecule has 0 atom stereocenters. The lowest BCUT2D eigenvalue weighted by Crippen LogP contribution is -2.29. The van der Waals surface area contributed by atoms with Gasteiger partial charge in [0.2, 0.25) is 0 Å². The number of ether oxygens (including phenoxy) is 7. The maximum absolute atomic E-state index is 13.7. The third kappa shape index (κ3) is 16.9. The normalized spacial score (nSPS) is 15.5. The molecule has 18 nitrogen and oxygen atoms in total. The maximum Gasteiger partial charge on any atom is 0.316 e. The number of hydrogen-bond donors (Lipinski definition) is 0. The number of halogens is 6. The van der Waals surface area contributed by atoms with Crippen molar-refractivity contribution >= 4 is 83.3 Å². The van der Waals surface area contributed by atoms with Crippen molar-refractivity contribution in [1.29, 1.82) is 10.5 Å². The Labute approximate surface area is 492 Å². The topological polar surface area (TPSA) is 209 Å². The highest BCUT2D eigenvalue weighted by Gasteiger charge is 2.39. The van der Waals surface area contributed by atoms with Gasteiger partial charge in [0.15, 0.2) is 33.3 Å². The summed E-state index contributed by atoms with van der Waals surface area (Å²) >= 11 is 15.6. The third-order valence-electron chi connectivity index (χ3n) is 13.0. The van der Waals surface area contributed by atoms with E-state index in [2.05, 4.69) is 41.7 Å². The Morgan fingerprint density at radius 2 is 1.26 bits per heavy atom. The number of nitriles is 2. The molecule has 0 bridgehead atoms. The van der Waals surface area contributed by atoms with E-state index < -0.39 is 25.9 Å². The van der Waals surface area contributed by atoms with Crippen LogP contribution in [0.4, 0.5) is 17.6 Å². The summed E-state index contributed by atoms with van der Waals surface area (Å²) in [7, 11) is 1.63. The highest BCUT2D eigenvalue weighted by molar-refractivity contribution is 8.00. The predicted molar refractivity (Wildman–Crippen MR) is 307 cm³/mol. The van der Waals surface area contributed by atoms with E-state index in [4.69, 9.17) is 66.3 Å². The van der Waals surface area contributed by atoms with Crippen LogP contribution in [-0.4, -0.2) is 164 Å². The number of aromatic nitrogens is 5. The average Bonchev–Trinajstić information content (AvgIpc) is 4.35. The van der Waals surface area contributed by atoms with Crippen molar-refractivity contribution in [3.63, 3.8) is 0 Å². The molecule has 82 heavy (non-hydrogen) atoms. The van der Waals surface area contributed by atoms with Crippen LogP contribution < -0.4 is 18.9 Å². The summed E-state index contributed by atoms with van der Waals surface area (Å²) in [6.45, 7) is 12.5. The lowest BCUT2D eigenvalue weighted by molar-refractivity contribution is -0.140. The number of benzene rings is 2. The number of nitrogens with zero attached hydrogens (tertiary/aromatic N) is 9. The van der Waals surface area contributed by atoms with E-state index in [1.54, 1.807) is 64.8 Å². The first kappa shape index (κ1) is 63.7. The van der Waals surface area contributed by atoms with E-state index >= 15 is 0 Å². The van der Waals surface area contributed by atoms with Crippen LogP contribution in [-0.2, 0) is 37.0 Å². The third-order valence-corrected chi connectivity index (χ3v) is 17.0. The second kappa shape index (κ2) is 28.6. The summed E-state index contributed by atoms with van der Waals surface area (Å²) in [6, 6.07) is 11.9. The zero-order valence-electron chi connectivity index (χ0n) is 46.5. The van der Waals surface area contributed by atoms with Gasteiger partial charge in [0.1, 0.15) is 31.7 Å². The van der Waals surface area contributed by atoms with E-state index in [1.165, 1.54) is 14.2 Å². The van der Waals surface area contributed by atoms with Gasteiger partial charge >= 0.3 is 11.9 Å². The van der Waals surface area contributed by atoms with E-state index in [9.17, 15) is 37.7 Å². The molecule has 2 aliphatic heterocycles. The molecular weight excluding hydrogens is 1170 g/mol. The van der Waals surface area contributed by atoms with Crippen LogP contribution in [0.3, 0.4) is 0 Å². The number of thioether (sulfide) groups is 2. The van der Waals surface area contributed by atoms with Crippen LogP contribution >= 0.6 is 46.7 Å². The molecule has 27 heteroatoms. The van der Waals surface area contributed by atoms with Crippen molar-refractivity contribution in [1.82, 2.24) is 34.3 Å². The van der Waals surface area contributed by atoms with Crippen LogP contribution in [0, 0.1) is 22.7 Å². The first-order valence-corrected chi connectivity index (χ1v) is 32.7. The molecule has 8 rings (SSSR count). The standard InChI is InChI=1S/C30H38ClF2N5O5SSi.C25H25ClF2N4O4S/c1-6-42-25(39)17-44-29-35-27(26-20(15-34)16-38(28(26)36-29)19-41-11-12-45(3,4)5)21-13-24(23(40-2)14-22(21)31)43-10-9-37-8-7-30(32,33)18-37;1-3-35-21(33)13-37-24-30-18-5-4-15(12-29)22(18)23(31-24)16-10-20(19(34-2)11-17(16)26)36-9-8-32-7-6-25(27,28)14-32/h13-14,16H,6-12,17-19H2,1-5H3;4,10-11H,3,5-9,13-14H2,1-2H3. The molecule has 0 unspecified atom stereocenters. The number of esters is 2. The van der Waals surface area contributed by atoms with Crippen LogP contribution in [0.1, 0.15) is 43.5 Å². The summed E-state index contributed by atoms with van der Waals surface area (Å²) in [6.07, 6.45) is 3.54. The summed E-state index contributed by atoms with van der Waals surface area (Å²) < 4.78 is 95.0. The molecule has 5 heterocycles. The monoisotopic (exact) mass is 1230 g/mol. The zero-order chi connectivity index (χ0) is 59.4. The Kier molecular flexibility index (Phi) is 22.2. The van der Waals surface area contributed by atoms with Gasteiger partial charge in [-0.25, -0.2) is 37.5 Å². The van der Waals surface area contributed by atoms with E-state index in [-0.39, 0.29) is 86.7 Å². The Balaban J connectivity index is 0.000000240. The number of carbonyl (C=O) groups excluding carboxylic acids is 2. The molecule has 3 aromatic heterocycles. The minimum Gasteiger partial charge on any atom is -0.493 e. The number of hydrogen-bond acceptors (Lipinski definition) is 19. The van der Waals surface area contributed by atoms with Crippen molar-refractivity contribution in [2.75, 3.05) is 98.0 Å². The average molecular weight is 1230 g/mol. The number of likely N-dealkylation sites (tertiary alicyclic amines) is 2. The Morgan fingerprint density at radius 3 is 1.73 bits per heavy atom. The van der Waals surface area contributed by atoms with Crippen molar-refractivity contribution < 1.29 is 60.3 Å². The van der Waals surface area contributed by atoms with Crippen molar-refractivity contribution in [2.45, 2.75) is 87.7 Å². The highest BCUT2D eigenvalue weighted by atomic mass is 35.5. The van der Waals surface area contributed by atoms with Crippen molar-refractivity contribution in [3.8, 4) is 57.7 Å². The van der Waals surface area contributed by atoms with Gasteiger partial charge in [-0.3, -0.25) is 19.4 Å². The van der Waals surface area contributed by atoms with Crippen LogP contribution in [0.2, 0.25) is 35.7 Å². The summed E-state index contributed by atoms with van der Waals surface area (Å²) in [4.78, 5) is 45.9. The van der Waals surface area contributed by atoms with E-state index in [1.807, 2.05) is 0 Å². The highest BCUT2D eigenvalue weighted by Crippen LogP contribution is 2.44. The number of allylic oxidation sites excluding steroid dienone is 2. The lowest BCUT2D eigenvalue weighted by Gasteiger charge is -2.18. The van der Waals surface area contributed by atoms with Gasteiger partial charge in [0, 0.05) is 95.1 Å². The minimum absolute atomic E-state index is 0.0163. The fourth-order valence-corrected chi connectivity index (χ4v) is 11.5. The van der Waals surface area contributed by atoms with Gasteiger partial charge in [-0.1, -0.05) is 72.4 Å². The molecule has 2 aromatic carbocycles. The number of carbonyl (C=O) groups is 2. The molecule has 2 saturated heterocycles. The molecule has 1 aliphatic carbocycles. The fraction of sp³-hybridized carbons (Fsp3) is 0.491. The zero-order valence-corrected chi connectivity index (χ0v) is 50.6. The van der Waals surface area contributed by atoms with Gasteiger partial charge in [-0.15, -0.1) is 0 Å². The molecule has 0 saturated carbocycles. The molecule has 5 aromatic rings. The Hall–Kier alpha value is -5.90.